The quantitative estimate of drug-likeness (QED) is 0.125. The Kier molecular flexibility index (Phi) is 8.34. The van der Waals surface area contributed by atoms with E-state index in [1.165, 1.54) is 16.3 Å². The minimum atomic E-state index is 0.438. The normalized spacial score (nSPS) is 12.3. The van der Waals surface area contributed by atoms with Gasteiger partial charge in [0.1, 0.15) is 11.2 Å². The molecule has 1 heterocycles. The van der Waals surface area contributed by atoms with Gasteiger partial charge in [0.25, 0.3) is 0 Å². The average Bonchev–Trinajstić information content (AvgIpc) is 3.67. The highest BCUT2D eigenvalue weighted by Crippen LogP contribution is 2.42. The smallest absolute Gasteiger partial charge is 0.164 e. The Morgan fingerprint density at radius 2 is 1.12 bits per heavy atom. The third-order valence-electron chi connectivity index (χ3n) is 10.6. The lowest BCUT2D eigenvalue weighted by atomic mass is 9.94. The van der Waals surface area contributed by atoms with E-state index in [0.717, 1.165) is 71.3 Å². The number of amidine groups is 2. The molecule has 0 saturated carbocycles. The standard InChI is InChI=1S/C52H35N3O/c1-53-52(55-51(43-25-24-37-15-6-8-18-40(37)32-43)54-33-34-22-23-36-14-5-7-17-39(36)30-34)47-29-28-44(42-20-11-19-41(31-42)35-12-3-2-4-13-35)48-46-27-26-38-16-9-10-21-45(38)49(46)56-50(47)48/h2-32H,1,33H2/b54-51-,55-52-. The minimum Gasteiger partial charge on any atom is -0.455 e. The predicted molar refractivity (Wildman–Crippen MR) is 236 cm³/mol. The second-order valence-corrected chi connectivity index (χ2v) is 14.1. The summed E-state index contributed by atoms with van der Waals surface area (Å²) in [5.41, 5.74) is 8.75. The van der Waals surface area contributed by atoms with E-state index >= 15 is 0 Å². The zero-order valence-electron chi connectivity index (χ0n) is 30.6. The van der Waals surface area contributed by atoms with Crippen LogP contribution < -0.4 is 0 Å². The molecule has 4 heteroatoms. The van der Waals surface area contributed by atoms with Crippen LogP contribution in [-0.2, 0) is 6.54 Å². The molecule has 9 aromatic carbocycles. The molecule has 4 nitrogen and oxygen atoms in total. The first-order chi connectivity index (χ1) is 27.7. The topological polar surface area (TPSA) is 50.2 Å². The SMILES string of the molecule is C=N/C(=N\C(=N/Cc1ccc2ccccc2c1)c1ccc2ccccc2c1)c1ccc(-c2cccc(-c3ccccc3)c2)c2c1oc1c3ccccc3ccc12. The summed E-state index contributed by atoms with van der Waals surface area (Å²) >= 11 is 0. The van der Waals surface area contributed by atoms with Crippen LogP contribution in [0.25, 0.3) is 76.5 Å². The molecule has 10 rings (SSSR count). The van der Waals surface area contributed by atoms with Crippen LogP contribution in [0.4, 0.5) is 0 Å². The number of hydrogen-bond donors (Lipinski definition) is 0. The third-order valence-corrected chi connectivity index (χ3v) is 10.6. The van der Waals surface area contributed by atoms with Crippen molar-refractivity contribution in [2.24, 2.45) is 15.0 Å². The molecule has 0 aliphatic carbocycles. The van der Waals surface area contributed by atoms with Crippen LogP contribution in [0.3, 0.4) is 0 Å². The van der Waals surface area contributed by atoms with E-state index in [1.54, 1.807) is 0 Å². The number of rotatable bonds is 6. The fraction of sp³-hybridized carbons (Fsp3) is 0.0192. The molecule has 0 bridgehead atoms. The monoisotopic (exact) mass is 717 g/mol. The first kappa shape index (κ1) is 33.2. The molecule has 1 aromatic heterocycles. The summed E-state index contributed by atoms with van der Waals surface area (Å²) in [6, 6.07) is 65.6. The highest BCUT2D eigenvalue weighted by Gasteiger charge is 2.21. The summed E-state index contributed by atoms with van der Waals surface area (Å²) in [5.74, 6) is 1.01. The maximum atomic E-state index is 6.96. The lowest BCUT2D eigenvalue weighted by Crippen LogP contribution is -2.06. The Morgan fingerprint density at radius 1 is 0.464 bits per heavy atom. The maximum absolute atomic E-state index is 6.96. The van der Waals surface area contributed by atoms with Gasteiger partial charge < -0.3 is 4.42 Å². The first-order valence-corrected chi connectivity index (χ1v) is 18.8. The van der Waals surface area contributed by atoms with Gasteiger partial charge in [-0.3, -0.25) is 4.99 Å². The summed E-state index contributed by atoms with van der Waals surface area (Å²) < 4.78 is 6.96. The van der Waals surface area contributed by atoms with Gasteiger partial charge in [0.05, 0.1) is 12.1 Å². The van der Waals surface area contributed by atoms with Crippen molar-refractivity contribution < 1.29 is 4.42 Å². The van der Waals surface area contributed by atoms with E-state index in [1.807, 2.05) is 6.07 Å². The van der Waals surface area contributed by atoms with Crippen molar-refractivity contribution in [2.45, 2.75) is 6.54 Å². The molecule has 0 radical (unpaired) electrons. The molecule has 264 valence electrons. The lowest BCUT2D eigenvalue weighted by Gasteiger charge is -2.11. The number of aliphatic imine (C=N–C) groups is 3. The second kappa shape index (κ2) is 14.1. The highest BCUT2D eigenvalue weighted by molar-refractivity contribution is 6.25. The number of fused-ring (bicyclic) bond motifs is 7. The predicted octanol–water partition coefficient (Wildman–Crippen LogP) is 13.5. The Hall–Kier alpha value is -7.43. The van der Waals surface area contributed by atoms with Crippen LogP contribution >= 0.6 is 0 Å². The summed E-state index contributed by atoms with van der Waals surface area (Å²) in [4.78, 5) is 15.0. The molecule has 0 aliphatic rings. The molecule has 0 fully saturated rings. The fourth-order valence-electron chi connectivity index (χ4n) is 7.83. The van der Waals surface area contributed by atoms with E-state index in [9.17, 15) is 0 Å². The summed E-state index contributed by atoms with van der Waals surface area (Å²) in [6.45, 7) is 4.49. The van der Waals surface area contributed by atoms with E-state index in [-0.39, 0.29) is 0 Å². The van der Waals surface area contributed by atoms with Gasteiger partial charge in [-0.2, -0.15) is 0 Å². The average molecular weight is 718 g/mol. The lowest BCUT2D eigenvalue weighted by molar-refractivity contribution is 0.672. The van der Waals surface area contributed by atoms with Crippen molar-refractivity contribution in [2.75, 3.05) is 0 Å². The maximum Gasteiger partial charge on any atom is 0.164 e. The van der Waals surface area contributed by atoms with E-state index in [2.05, 4.69) is 194 Å². The zero-order valence-corrected chi connectivity index (χ0v) is 30.6. The first-order valence-electron chi connectivity index (χ1n) is 18.8. The van der Waals surface area contributed by atoms with Crippen LogP contribution in [0.15, 0.2) is 207 Å². The number of nitrogens with zero attached hydrogens (tertiary/aromatic N) is 3. The highest BCUT2D eigenvalue weighted by atomic mass is 16.3. The zero-order chi connectivity index (χ0) is 37.4. The molecular formula is C52H35N3O. The van der Waals surface area contributed by atoms with Crippen molar-refractivity contribution in [3.63, 3.8) is 0 Å². The molecular weight excluding hydrogens is 683 g/mol. The molecule has 10 aromatic rings. The number of furan rings is 1. The van der Waals surface area contributed by atoms with Crippen molar-refractivity contribution in [1.29, 1.82) is 0 Å². The third kappa shape index (κ3) is 6.04. The van der Waals surface area contributed by atoms with Gasteiger partial charge >= 0.3 is 0 Å². The van der Waals surface area contributed by atoms with Gasteiger partial charge in [-0.15, -0.1) is 0 Å². The molecule has 0 amide bonds. The molecule has 0 atom stereocenters. The van der Waals surface area contributed by atoms with Crippen LogP contribution in [0.2, 0.25) is 0 Å². The summed E-state index contributed by atoms with van der Waals surface area (Å²) in [7, 11) is 0. The van der Waals surface area contributed by atoms with Crippen LogP contribution in [0.1, 0.15) is 16.7 Å². The van der Waals surface area contributed by atoms with Crippen LogP contribution in [0.5, 0.6) is 0 Å². The Labute approximate surface area is 324 Å². The van der Waals surface area contributed by atoms with Crippen LogP contribution in [0, 0.1) is 0 Å². The number of hydrogen-bond acceptors (Lipinski definition) is 2. The van der Waals surface area contributed by atoms with Gasteiger partial charge in [0, 0.05) is 21.7 Å². The molecule has 0 unspecified atom stereocenters. The number of benzene rings is 9. The van der Waals surface area contributed by atoms with E-state index in [0.29, 0.717) is 23.8 Å². The summed E-state index contributed by atoms with van der Waals surface area (Å²) in [5, 5.41) is 8.84. The molecule has 0 saturated heterocycles. The van der Waals surface area contributed by atoms with Crippen molar-refractivity contribution >= 4 is 72.6 Å². The van der Waals surface area contributed by atoms with Gasteiger partial charge in [0.2, 0.25) is 0 Å². The fourth-order valence-corrected chi connectivity index (χ4v) is 7.83. The van der Waals surface area contributed by atoms with Crippen molar-refractivity contribution in [3.05, 3.63) is 205 Å². The molecule has 56 heavy (non-hydrogen) atoms. The summed E-state index contributed by atoms with van der Waals surface area (Å²) in [6.07, 6.45) is 0. The Balaban J connectivity index is 1.17. The van der Waals surface area contributed by atoms with Gasteiger partial charge in [-0.05, 0) is 91.8 Å². The van der Waals surface area contributed by atoms with Crippen molar-refractivity contribution in [1.82, 2.24) is 0 Å². The molecule has 0 spiro atoms. The van der Waals surface area contributed by atoms with Crippen molar-refractivity contribution in [3.8, 4) is 22.3 Å². The Bertz CT molecular complexity index is 3190. The second-order valence-electron chi connectivity index (χ2n) is 14.1. The van der Waals surface area contributed by atoms with Gasteiger partial charge in [-0.25, -0.2) is 9.98 Å². The molecule has 0 aliphatic heterocycles. The van der Waals surface area contributed by atoms with E-state index < -0.39 is 0 Å². The minimum absolute atomic E-state index is 0.438. The Morgan fingerprint density at radius 3 is 1.93 bits per heavy atom. The van der Waals surface area contributed by atoms with Crippen LogP contribution in [-0.4, -0.2) is 18.4 Å². The largest absolute Gasteiger partial charge is 0.455 e. The van der Waals surface area contributed by atoms with Gasteiger partial charge in [0.15, 0.2) is 11.7 Å². The molecule has 0 N–H and O–H groups in total. The van der Waals surface area contributed by atoms with E-state index in [4.69, 9.17) is 14.4 Å². The van der Waals surface area contributed by atoms with Gasteiger partial charge in [-0.1, -0.05) is 158 Å².